The summed E-state index contributed by atoms with van der Waals surface area (Å²) in [5.41, 5.74) is 0.699. The Morgan fingerprint density at radius 3 is 2.20 bits per heavy atom. The molecule has 2 aromatic rings. The molecule has 0 N–H and O–H groups in total. The highest BCUT2D eigenvalue weighted by atomic mass is 19.4. The minimum absolute atomic E-state index is 0.0189. The van der Waals surface area contributed by atoms with Crippen molar-refractivity contribution in [1.29, 1.82) is 0 Å². The Bertz CT molecular complexity index is 1260. The normalized spacial score (nSPS) is 20.6. The Morgan fingerprint density at radius 2 is 1.68 bits per heavy atom. The van der Waals surface area contributed by atoms with Gasteiger partial charge in [0.05, 0.1) is 35.2 Å². The zero-order chi connectivity index (χ0) is 29.4. The second-order valence-corrected chi connectivity index (χ2v) is 10.7. The van der Waals surface area contributed by atoms with Crippen LogP contribution in [0.5, 0.6) is 0 Å². The number of benzene rings is 1. The van der Waals surface area contributed by atoms with Crippen LogP contribution in [0.15, 0.2) is 30.6 Å². The maximum absolute atomic E-state index is 13.7. The van der Waals surface area contributed by atoms with Crippen LogP contribution < -0.4 is 0 Å². The average molecular weight is 562 g/mol. The van der Waals surface area contributed by atoms with Gasteiger partial charge in [0.15, 0.2) is 0 Å². The number of halogens is 3. The van der Waals surface area contributed by atoms with Gasteiger partial charge in [-0.3, -0.25) is 14.4 Å². The number of carbonyl (C=O) groups is 3. The van der Waals surface area contributed by atoms with Crippen LogP contribution in [-0.4, -0.2) is 87.3 Å². The number of rotatable bonds is 6. The van der Waals surface area contributed by atoms with Gasteiger partial charge in [0.25, 0.3) is 5.91 Å². The van der Waals surface area contributed by atoms with Crippen molar-refractivity contribution < 1.29 is 32.3 Å². The first-order chi connectivity index (χ1) is 18.8. The topological polar surface area (TPSA) is 95.9 Å². The lowest BCUT2D eigenvalue weighted by Gasteiger charge is -2.51. The molecule has 2 atom stereocenters. The highest BCUT2D eigenvalue weighted by molar-refractivity contribution is 5.97. The number of hydrogen-bond donors (Lipinski definition) is 0. The van der Waals surface area contributed by atoms with E-state index in [1.54, 1.807) is 30.6 Å². The third-order valence-electron chi connectivity index (χ3n) is 8.12. The van der Waals surface area contributed by atoms with E-state index in [2.05, 4.69) is 9.97 Å². The van der Waals surface area contributed by atoms with E-state index in [9.17, 15) is 27.6 Å². The third kappa shape index (κ3) is 5.54. The number of hydrogen-bond acceptors (Lipinski definition) is 6. The van der Waals surface area contributed by atoms with Crippen LogP contribution in [0, 0.1) is 13.8 Å². The number of ether oxygens (including phenoxy) is 1. The monoisotopic (exact) mass is 561 g/mol. The fraction of sp³-hybridized carbons (Fsp3) is 0.536. The van der Waals surface area contributed by atoms with Gasteiger partial charge >= 0.3 is 6.18 Å². The van der Waals surface area contributed by atoms with E-state index in [4.69, 9.17) is 4.74 Å². The van der Waals surface area contributed by atoms with Gasteiger partial charge in [-0.15, -0.1) is 0 Å². The van der Waals surface area contributed by atoms with Gasteiger partial charge in [0.1, 0.15) is 18.9 Å². The molecular formula is C28H34F3N5O4. The number of aromatic nitrogens is 2. The van der Waals surface area contributed by atoms with Crippen LogP contribution in [0.2, 0.25) is 0 Å². The molecule has 1 aromatic heterocycles. The van der Waals surface area contributed by atoms with Crippen molar-refractivity contribution in [3.63, 3.8) is 0 Å². The molecule has 0 spiro atoms. The standard InChI is InChI=1S/C28H34F3N5O4/c1-17-24(18(2)33-16-32-17)26(39)34-12-10-27(4,11-13-34)35-14-23(37)36(19(3)25(35)38)22(15-40-5)20-6-8-21(9-7-20)28(29,30)31/h6-9,16,19,22H,10-15H2,1-5H3/t19-,22-/m0/s1. The van der Waals surface area contributed by atoms with Gasteiger partial charge in [-0.25, -0.2) is 9.97 Å². The highest BCUT2D eigenvalue weighted by Gasteiger charge is 2.48. The van der Waals surface area contributed by atoms with Crippen molar-refractivity contribution in [2.75, 3.05) is 33.4 Å². The first-order valence-corrected chi connectivity index (χ1v) is 13.1. The summed E-state index contributed by atoms with van der Waals surface area (Å²) < 4.78 is 44.5. The molecule has 216 valence electrons. The second kappa shape index (κ2) is 11.1. The maximum Gasteiger partial charge on any atom is 0.416 e. The van der Waals surface area contributed by atoms with Crippen molar-refractivity contribution in [1.82, 2.24) is 24.7 Å². The van der Waals surface area contributed by atoms with Crippen LogP contribution in [0.1, 0.15) is 65.6 Å². The number of aryl methyl sites for hydroxylation is 2. The number of carbonyl (C=O) groups excluding carboxylic acids is 3. The van der Waals surface area contributed by atoms with Crippen LogP contribution in [0.25, 0.3) is 0 Å². The van der Waals surface area contributed by atoms with Crippen LogP contribution in [-0.2, 0) is 20.5 Å². The summed E-state index contributed by atoms with van der Waals surface area (Å²) in [6.07, 6.45) is -2.09. The fourth-order valence-electron chi connectivity index (χ4n) is 5.67. The summed E-state index contributed by atoms with van der Waals surface area (Å²) in [4.78, 5) is 53.4. The number of amides is 3. The largest absolute Gasteiger partial charge is 0.416 e. The lowest BCUT2D eigenvalue weighted by Crippen LogP contribution is -2.67. The van der Waals surface area contributed by atoms with Crippen molar-refractivity contribution in [2.24, 2.45) is 0 Å². The molecule has 4 rings (SSSR count). The van der Waals surface area contributed by atoms with E-state index in [-0.39, 0.29) is 30.9 Å². The first-order valence-electron chi connectivity index (χ1n) is 13.1. The molecule has 0 aliphatic carbocycles. The van der Waals surface area contributed by atoms with E-state index in [1.165, 1.54) is 30.5 Å². The number of nitrogens with zero attached hydrogens (tertiary/aromatic N) is 5. The lowest BCUT2D eigenvalue weighted by atomic mass is 9.85. The van der Waals surface area contributed by atoms with Crippen LogP contribution in [0.3, 0.4) is 0 Å². The SMILES string of the molecule is COC[C@@H](c1ccc(C(F)(F)F)cc1)N1C(=O)CN(C2(C)CCN(C(=O)c3c(C)ncnc3C)CC2)C(=O)[C@@H]1C. The van der Waals surface area contributed by atoms with E-state index < -0.39 is 29.4 Å². The minimum Gasteiger partial charge on any atom is -0.382 e. The molecule has 2 aliphatic heterocycles. The molecule has 2 fully saturated rings. The predicted molar refractivity (Wildman–Crippen MR) is 139 cm³/mol. The number of alkyl halides is 3. The zero-order valence-electron chi connectivity index (χ0n) is 23.3. The number of piperazine rings is 1. The molecule has 2 saturated heterocycles. The van der Waals surface area contributed by atoms with Crippen molar-refractivity contribution >= 4 is 17.7 Å². The van der Waals surface area contributed by atoms with Gasteiger partial charge in [0, 0.05) is 25.7 Å². The van der Waals surface area contributed by atoms with Crippen molar-refractivity contribution in [3.8, 4) is 0 Å². The summed E-state index contributed by atoms with van der Waals surface area (Å²) in [7, 11) is 1.44. The fourth-order valence-corrected chi connectivity index (χ4v) is 5.67. The summed E-state index contributed by atoms with van der Waals surface area (Å²) >= 11 is 0. The van der Waals surface area contributed by atoms with Crippen molar-refractivity contribution in [2.45, 2.75) is 64.3 Å². The molecule has 3 heterocycles. The highest BCUT2D eigenvalue weighted by Crippen LogP contribution is 2.36. The van der Waals surface area contributed by atoms with Crippen LogP contribution >= 0.6 is 0 Å². The Hall–Kier alpha value is -3.54. The molecule has 0 saturated carbocycles. The average Bonchev–Trinajstić information content (AvgIpc) is 2.90. The quantitative estimate of drug-likeness (QED) is 0.536. The summed E-state index contributed by atoms with van der Waals surface area (Å²) in [6.45, 7) is 7.73. The third-order valence-corrected chi connectivity index (χ3v) is 8.12. The van der Waals surface area contributed by atoms with Gasteiger partial charge < -0.3 is 19.4 Å². The van der Waals surface area contributed by atoms with Crippen LogP contribution in [0.4, 0.5) is 13.2 Å². The molecule has 0 unspecified atom stereocenters. The van der Waals surface area contributed by atoms with Gasteiger partial charge in [-0.2, -0.15) is 13.2 Å². The number of methoxy groups -OCH3 is 1. The minimum atomic E-state index is -4.48. The van der Waals surface area contributed by atoms with Gasteiger partial charge in [-0.05, 0) is 58.2 Å². The zero-order valence-corrected chi connectivity index (χ0v) is 23.3. The first kappa shape index (κ1) is 29.4. The summed E-state index contributed by atoms with van der Waals surface area (Å²) in [5, 5.41) is 0. The van der Waals surface area contributed by atoms with E-state index in [1.807, 2.05) is 6.92 Å². The smallest absolute Gasteiger partial charge is 0.382 e. The molecule has 3 amide bonds. The lowest BCUT2D eigenvalue weighted by molar-refractivity contribution is -0.166. The molecule has 0 bridgehead atoms. The van der Waals surface area contributed by atoms with Gasteiger partial charge in [0.2, 0.25) is 11.8 Å². The van der Waals surface area contributed by atoms with E-state index in [0.29, 0.717) is 48.4 Å². The molecule has 1 aromatic carbocycles. The van der Waals surface area contributed by atoms with Gasteiger partial charge in [-0.1, -0.05) is 12.1 Å². The summed E-state index contributed by atoms with van der Waals surface area (Å²) in [5.74, 6) is -0.725. The molecule has 0 radical (unpaired) electrons. The Balaban J connectivity index is 1.50. The Morgan fingerprint density at radius 1 is 1.10 bits per heavy atom. The predicted octanol–water partition coefficient (Wildman–Crippen LogP) is 3.55. The van der Waals surface area contributed by atoms with Crippen molar-refractivity contribution in [3.05, 3.63) is 58.7 Å². The second-order valence-electron chi connectivity index (χ2n) is 10.7. The Labute approximate surface area is 231 Å². The summed E-state index contributed by atoms with van der Waals surface area (Å²) in [6, 6.07) is 2.98. The molecule has 9 nitrogen and oxygen atoms in total. The number of likely N-dealkylation sites (tertiary alicyclic amines) is 1. The molecular weight excluding hydrogens is 527 g/mol. The molecule has 12 heteroatoms. The molecule has 2 aliphatic rings. The molecule has 40 heavy (non-hydrogen) atoms. The van der Waals surface area contributed by atoms with E-state index >= 15 is 0 Å². The Kier molecular flexibility index (Phi) is 8.21. The van der Waals surface area contributed by atoms with E-state index in [0.717, 1.165) is 12.1 Å². The number of piperidine rings is 1. The maximum atomic E-state index is 13.7.